The average Bonchev–Trinajstić information content (AvgIpc) is 2.98. The second kappa shape index (κ2) is 10.5. The Morgan fingerprint density at radius 2 is 2.07 bits per heavy atom. The summed E-state index contributed by atoms with van der Waals surface area (Å²) in [5.74, 6) is 1.91. The zero-order chi connectivity index (χ0) is 18.9. The van der Waals surface area contributed by atoms with Crippen molar-refractivity contribution in [2.45, 2.75) is 32.3 Å². The molecule has 2 heterocycles. The summed E-state index contributed by atoms with van der Waals surface area (Å²) in [5, 5.41) is 6.82. The number of hydrogen-bond donors (Lipinski definition) is 2. The van der Waals surface area contributed by atoms with Crippen LogP contribution in [0.5, 0.6) is 5.75 Å². The van der Waals surface area contributed by atoms with Crippen LogP contribution in [0.25, 0.3) is 0 Å². The first kappa shape index (κ1) is 20.0. The summed E-state index contributed by atoms with van der Waals surface area (Å²) in [6.07, 6.45) is 3.51. The van der Waals surface area contributed by atoms with Crippen LogP contribution in [0.3, 0.4) is 0 Å². The van der Waals surface area contributed by atoms with Crippen LogP contribution in [-0.2, 0) is 6.42 Å². The van der Waals surface area contributed by atoms with Crippen LogP contribution in [0, 0.1) is 0 Å². The van der Waals surface area contributed by atoms with Gasteiger partial charge in [0.1, 0.15) is 11.9 Å². The molecule has 0 bridgehead atoms. The molecule has 150 valence electrons. The quantitative estimate of drug-likeness (QED) is 0.432. The molecular formula is C21H35N5O. The summed E-state index contributed by atoms with van der Waals surface area (Å²) >= 11 is 0. The molecule has 3 rings (SSSR count). The van der Waals surface area contributed by atoms with Gasteiger partial charge in [-0.2, -0.15) is 0 Å². The van der Waals surface area contributed by atoms with Crippen molar-refractivity contribution in [3.05, 3.63) is 29.8 Å². The van der Waals surface area contributed by atoms with E-state index in [4.69, 9.17) is 9.73 Å². The van der Waals surface area contributed by atoms with Gasteiger partial charge in [0.15, 0.2) is 5.96 Å². The van der Waals surface area contributed by atoms with E-state index in [0.717, 1.165) is 44.2 Å². The Labute approximate surface area is 164 Å². The molecule has 1 saturated heterocycles. The van der Waals surface area contributed by atoms with E-state index in [1.54, 1.807) is 0 Å². The Bertz CT molecular complexity index is 581. The molecule has 2 N–H and O–H groups in total. The Hall–Kier alpha value is -1.79. The SMILES string of the molecule is CCNC(=NCC1Cc2ccccc2O1)NCCCN1CCCN(C)CC1. The maximum atomic E-state index is 5.99. The topological polar surface area (TPSA) is 52.1 Å². The summed E-state index contributed by atoms with van der Waals surface area (Å²) < 4.78 is 5.99. The highest BCUT2D eigenvalue weighted by atomic mass is 16.5. The lowest BCUT2D eigenvalue weighted by Crippen LogP contribution is -2.39. The van der Waals surface area contributed by atoms with Gasteiger partial charge in [-0.1, -0.05) is 18.2 Å². The van der Waals surface area contributed by atoms with E-state index in [9.17, 15) is 0 Å². The molecule has 1 fully saturated rings. The fourth-order valence-electron chi connectivity index (χ4n) is 3.72. The van der Waals surface area contributed by atoms with E-state index in [-0.39, 0.29) is 6.10 Å². The summed E-state index contributed by atoms with van der Waals surface area (Å²) in [5.41, 5.74) is 1.29. The van der Waals surface area contributed by atoms with Gasteiger partial charge < -0.3 is 25.2 Å². The molecule has 6 heteroatoms. The third-order valence-corrected chi connectivity index (χ3v) is 5.27. The summed E-state index contributed by atoms with van der Waals surface area (Å²) in [7, 11) is 2.22. The largest absolute Gasteiger partial charge is 0.488 e. The summed E-state index contributed by atoms with van der Waals surface area (Å²) in [4.78, 5) is 9.75. The fraction of sp³-hybridized carbons (Fsp3) is 0.667. The molecular weight excluding hydrogens is 338 g/mol. The Kier molecular flexibility index (Phi) is 7.78. The molecule has 0 spiro atoms. The van der Waals surface area contributed by atoms with Gasteiger partial charge in [0.2, 0.25) is 0 Å². The fourth-order valence-corrected chi connectivity index (χ4v) is 3.72. The minimum atomic E-state index is 0.145. The van der Waals surface area contributed by atoms with Crippen molar-refractivity contribution in [3.63, 3.8) is 0 Å². The zero-order valence-electron chi connectivity index (χ0n) is 16.9. The molecule has 27 heavy (non-hydrogen) atoms. The van der Waals surface area contributed by atoms with Crippen molar-refractivity contribution in [3.8, 4) is 5.75 Å². The summed E-state index contributed by atoms with van der Waals surface area (Å²) in [6, 6.07) is 8.28. The van der Waals surface area contributed by atoms with Gasteiger partial charge in [-0.05, 0) is 58.1 Å². The highest BCUT2D eigenvalue weighted by Gasteiger charge is 2.21. The van der Waals surface area contributed by atoms with Crippen LogP contribution >= 0.6 is 0 Å². The minimum Gasteiger partial charge on any atom is -0.488 e. The van der Waals surface area contributed by atoms with Crippen LogP contribution in [0.15, 0.2) is 29.3 Å². The standard InChI is InChI=1S/C21H35N5O/c1-3-22-21(23-10-6-12-26-13-7-11-25(2)14-15-26)24-17-19-16-18-8-4-5-9-20(18)27-19/h4-5,8-9,19H,3,6-7,10-17H2,1-2H3,(H2,22,23,24). The van der Waals surface area contributed by atoms with E-state index in [1.807, 2.05) is 12.1 Å². The second-order valence-corrected chi connectivity index (χ2v) is 7.55. The minimum absolute atomic E-state index is 0.145. The number of likely N-dealkylation sites (N-methyl/N-ethyl adjacent to an activating group) is 1. The maximum absolute atomic E-state index is 5.99. The molecule has 0 saturated carbocycles. The lowest BCUT2D eigenvalue weighted by molar-refractivity contribution is 0.241. The van der Waals surface area contributed by atoms with E-state index in [2.05, 4.69) is 46.5 Å². The number of ether oxygens (including phenoxy) is 1. The second-order valence-electron chi connectivity index (χ2n) is 7.55. The first-order valence-corrected chi connectivity index (χ1v) is 10.4. The number of rotatable bonds is 7. The Balaban J connectivity index is 1.38. The van der Waals surface area contributed by atoms with Crippen LogP contribution in [0.1, 0.15) is 25.3 Å². The summed E-state index contributed by atoms with van der Waals surface area (Å²) in [6.45, 7) is 10.6. The molecule has 1 aromatic carbocycles. The Morgan fingerprint density at radius 1 is 1.19 bits per heavy atom. The number of hydrogen-bond acceptors (Lipinski definition) is 4. The van der Waals surface area contributed by atoms with E-state index >= 15 is 0 Å². The number of nitrogens with one attached hydrogen (secondary N) is 2. The smallest absolute Gasteiger partial charge is 0.191 e. The molecule has 2 aliphatic rings. The van der Waals surface area contributed by atoms with Crippen molar-refractivity contribution < 1.29 is 4.74 Å². The maximum Gasteiger partial charge on any atom is 0.191 e. The molecule has 1 unspecified atom stereocenters. The van der Waals surface area contributed by atoms with Gasteiger partial charge in [-0.3, -0.25) is 0 Å². The number of para-hydroxylation sites is 1. The van der Waals surface area contributed by atoms with Crippen molar-refractivity contribution in [1.82, 2.24) is 20.4 Å². The van der Waals surface area contributed by atoms with E-state index in [0.29, 0.717) is 6.54 Å². The van der Waals surface area contributed by atoms with E-state index < -0.39 is 0 Å². The van der Waals surface area contributed by atoms with Gasteiger partial charge >= 0.3 is 0 Å². The lowest BCUT2D eigenvalue weighted by atomic mass is 10.1. The van der Waals surface area contributed by atoms with Gasteiger partial charge in [0.05, 0.1) is 6.54 Å². The number of guanidine groups is 1. The zero-order valence-corrected chi connectivity index (χ0v) is 16.9. The molecule has 2 aliphatic heterocycles. The molecule has 6 nitrogen and oxygen atoms in total. The first-order chi connectivity index (χ1) is 13.2. The molecule has 0 aliphatic carbocycles. The van der Waals surface area contributed by atoms with Crippen LogP contribution in [-0.4, -0.2) is 81.3 Å². The molecule has 0 radical (unpaired) electrons. The van der Waals surface area contributed by atoms with Gasteiger partial charge in [0.25, 0.3) is 0 Å². The highest BCUT2D eigenvalue weighted by molar-refractivity contribution is 5.79. The lowest BCUT2D eigenvalue weighted by Gasteiger charge is -2.20. The van der Waals surface area contributed by atoms with Crippen molar-refractivity contribution in [1.29, 1.82) is 0 Å². The molecule has 1 aromatic rings. The van der Waals surface area contributed by atoms with Crippen molar-refractivity contribution >= 4 is 5.96 Å². The average molecular weight is 374 g/mol. The molecule has 1 atom stereocenters. The predicted molar refractivity (Wildman–Crippen MR) is 112 cm³/mol. The highest BCUT2D eigenvalue weighted by Crippen LogP contribution is 2.28. The normalized spacial score (nSPS) is 21.4. The van der Waals surface area contributed by atoms with Crippen molar-refractivity contribution in [2.24, 2.45) is 4.99 Å². The van der Waals surface area contributed by atoms with Crippen LogP contribution in [0.2, 0.25) is 0 Å². The van der Waals surface area contributed by atoms with E-state index in [1.165, 1.54) is 38.2 Å². The predicted octanol–water partition coefficient (Wildman–Crippen LogP) is 1.57. The first-order valence-electron chi connectivity index (χ1n) is 10.4. The molecule has 0 aromatic heterocycles. The number of benzene rings is 1. The third kappa shape index (κ3) is 6.40. The Morgan fingerprint density at radius 3 is 2.93 bits per heavy atom. The van der Waals surface area contributed by atoms with Gasteiger partial charge in [0, 0.05) is 32.6 Å². The number of fused-ring (bicyclic) bond motifs is 1. The molecule has 0 amide bonds. The monoisotopic (exact) mass is 373 g/mol. The van der Waals surface area contributed by atoms with Crippen molar-refractivity contribution in [2.75, 3.05) is 59.4 Å². The van der Waals surface area contributed by atoms with Crippen LogP contribution < -0.4 is 15.4 Å². The number of aliphatic imine (C=N–C) groups is 1. The van der Waals surface area contributed by atoms with Crippen LogP contribution in [0.4, 0.5) is 0 Å². The third-order valence-electron chi connectivity index (χ3n) is 5.27. The van der Waals surface area contributed by atoms with Gasteiger partial charge in [-0.25, -0.2) is 4.99 Å². The number of nitrogens with zero attached hydrogens (tertiary/aromatic N) is 3. The van der Waals surface area contributed by atoms with Gasteiger partial charge in [-0.15, -0.1) is 0 Å².